The van der Waals surface area contributed by atoms with Crippen LogP contribution in [0, 0.1) is 0 Å². The van der Waals surface area contributed by atoms with Gasteiger partial charge in [0.1, 0.15) is 11.3 Å². The van der Waals surface area contributed by atoms with Gasteiger partial charge in [0.25, 0.3) is 0 Å². The van der Waals surface area contributed by atoms with E-state index < -0.39 is 17.8 Å². The average Bonchev–Trinajstić information content (AvgIpc) is 3.18. The van der Waals surface area contributed by atoms with E-state index in [2.05, 4.69) is 15.0 Å². The first kappa shape index (κ1) is 13.3. The second kappa shape index (κ2) is 4.22. The Kier molecular flexibility index (Phi) is 2.95. The summed E-state index contributed by atoms with van der Waals surface area (Å²) in [6.07, 6.45) is -4.62. The van der Waals surface area contributed by atoms with E-state index >= 15 is 0 Å². The molecule has 0 saturated carbocycles. The molecule has 0 aliphatic carbocycles. The number of nitrogens with zero attached hydrogens (tertiary/aromatic N) is 2. The summed E-state index contributed by atoms with van der Waals surface area (Å²) in [5.41, 5.74) is -2.70. The molecule has 1 aromatic rings. The van der Waals surface area contributed by atoms with Crippen LogP contribution in [0.1, 0.15) is 15.9 Å². The van der Waals surface area contributed by atoms with Gasteiger partial charge in [0.15, 0.2) is 0 Å². The lowest BCUT2D eigenvalue weighted by Crippen LogP contribution is -2.30. The van der Waals surface area contributed by atoms with Gasteiger partial charge in [0, 0.05) is 5.56 Å². The summed E-state index contributed by atoms with van der Waals surface area (Å²) in [5, 5.41) is 6.15. The van der Waals surface area contributed by atoms with Gasteiger partial charge in [-0.2, -0.15) is 13.2 Å². The summed E-state index contributed by atoms with van der Waals surface area (Å²) in [6, 6.07) is 3.40. The smallest absolute Gasteiger partial charge is 0.442 e. The summed E-state index contributed by atoms with van der Waals surface area (Å²) in [4.78, 5) is 11.4. The Labute approximate surface area is 106 Å². The van der Waals surface area contributed by atoms with Gasteiger partial charge in [0.05, 0.1) is 14.2 Å². The molecule has 1 aliphatic rings. The third-order valence-corrected chi connectivity index (χ3v) is 2.70. The summed E-state index contributed by atoms with van der Waals surface area (Å²) in [5.74, 6) is -0.723. The number of benzene rings is 1. The van der Waals surface area contributed by atoms with E-state index in [1.807, 2.05) is 0 Å². The van der Waals surface area contributed by atoms with Crippen molar-refractivity contribution in [1.29, 1.82) is 0 Å². The maximum absolute atomic E-state index is 12.8. The number of halogens is 3. The Morgan fingerprint density at radius 1 is 1.26 bits per heavy atom. The Balaban J connectivity index is 2.44. The predicted molar refractivity (Wildman–Crippen MR) is 56.9 cm³/mol. The average molecular weight is 274 g/mol. The maximum Gasteiger partial charge on any atom is 0.442 e. The predicted octanol–water partition coefficient (Wildman–Crippen LogP) is 2.66. The largest absolute Gasteiger partial charge is 0.496 e. The first-order valence-corrected chi connectivity index (χ1v) is 5.13. The fourth-order valence-corrected chi connectivity index (χ4v) is 1.63. The van der Waals surface area contributed by atoms with Crippen LogP contribution < -0.4 is 4.74 Å². The van der Waals surface area contributed by atoms with Crippen LogP contribution in [0.25, 0.3) is 0 Å². The third-order valence-electron chi connectivity index (χ3n) is 2.70. The van der Waals surface area contributed by atoms with Gasteiger partial charge in [0.2, 0.25) is 0 Å². The minimum atomic E-state index is -4.62. The van der Waals surface area contributed by atoms with Crippen molar-refractivity contribution in [2.45, 2.75) is 11.8 Å². The number of methoxy groups -OCH3 is 2. The van der Waals surface area contributed by atoms with Gasteiger partial charge in [-0.05, 0) is 12.1 Å². The molecule has 102 valence electrons. The van der Waals surface area contributed by atoms with Crippen LogP contribution in [0.4, 0.5) is 13.2 Å². The molecule has 0 aromatic heterocycles. The van der Waals surface area contributed by atoms with Crippen molar-refractivity contribution in [1.82, 2.24) is 0 Å². The van der Waals surface area contributed by atoms with Crippen molar-refractivity contribution >= 4 is 5.97 Å². The first-order chi connectivity index (χ1) is 8.85. The zero-order valence-electron chi connectivity index (χ0n) is 9.99. The molecule has 8 heteroatoms. The van der Waals surface area contributed by atoms with E-state index in [0.717, 1.165) is 12.1 Å². The number of hydrogen-bond donors (Lipinski definition) is 0. The number of carbonyl (C=O) groups excluding carboxylic acids is 1. The summed E-state index contributed by atoms with van der Waals surface area (Å²) < 4.78 is 47.9. The van der Waals surface area contributed by atoms with Gasteiger partial charge >= 0.3 is 17.8 Å². The number of rotatable bonds is 3. The molecule has 1 aliphatic heterocycles. The summed E-state index contributed by atoms with van der Waals surface area (Å²) in [7, 11) is 2.41. The standard InChI is InChI=1S/C11H9F3N2O3/c1-18-8-5-6(3-4-7(8)9(17)19-2)10(15-16-10)11(12,13)14/h3-5H,1-2H3. The van der Waals surface area contributed by atoms with Crippen LogP contribution in [-0.2, 0) is 10.4 Å². The second-order valence-electron chi connectivity index (χ2n) is 3.78. The monoisotopic (exact) mass is 274 g/mol. The summed E-state index contributed by atoms with van der Waals surface area (Å²) >= 11 is 0. The Morgan fingerprint density at radius 3 is 2.32 bits per heavy atom. The number of hydrogen-bond acceptors (Lipinski definition) is 5. The number of alkyl halides is 3. The number of esters is 1. The van der Waals surface area contributed by atoms with Gasteiger partial charge in [-0.1, -0.05) is 6.07 Å². The highest BCUT2D eigenvalue weighted by Gasteiger charge is 2.65. The number of carbonyl (C=O) groups is 1. The number of ether oxygens (including phenoxy) is 2. The molecule has 0 fully saturated rings. The Morgan fingerprint density at radius 2 is 1.89 bits per heavy atom. The minimum absolute atomic E-state index is 0.0229. The molecule has 2 rings (SSSR count). The second-order valence-corrected chi connectivity index (χ2v) is 3.78. The van der Waals surface area contributed by atoms with Crippen molar-refractivity contribution in [3.63, 3.8) is 0 Å². The van der Waals surface area contributed by atoms with Crippen LogP contribution in [0.5, 0.6) is 5.75 Å². The SMILES string of the molecule is COC(=O)c1ccc(C2(C(F)(F)F)N=N2)cc1OC. The lowest BCUT2D eigenvalue weighted by molar-refractivity contribution is -0.166. The van der Waals surface area contributed by atoms with Gasteiger partial charge < -0.3 is 9.47 Å². The Bertz CT molecular complexity index is 549. The van der Waals surface area contributed by atoms with Gasteiger partial charge in [-0.25, -0.2) is 4.79 Å². The summed E-state index contributed by atoms with van der Waals surface area (Å²) in [6.45, 7) is 0. The first-order valence-electron chi connectivity index (χ1n) is 5.13. The maximum atomic E-state index is 12.8. The fourth-order valence-electron chi connectivity index (χ4n) is 1.63. The zero-order chi connectivity index (χ0) is 14.3. The molecule has 0 saturated heterocycles. The molecule has 1 heterocycles. The topological polar surface area (TPSA) is 60.2 Å². The lowest BCUT2D eigenvalue weighted by Gasteiger charge is -2.16. The van der Waals surface area contributed by atoms with E-state index in [1.54, 1.807) is 0 Å². The molecule has 0 radical (unpaired) electrons. The van der Waals surface area contributed by atoms with E-state index in [4.69, 9.17) is 4.74 Å². The van der Waals surface area contributed by atoms with E-state index in [0.29, 0.717) is 0 Å². The van der Waals surface area contributed by atoms with Crippen LogP contribution in [0.3, 0.4) is 0 Å². The quantitative estimate of drug-likeness (QED) is 0.796. The van der Waals surface area contributed by atoms with Gasteiger partial charge in [-0.3, -0.25) is 0 Å². The van der Waals surface area contributed by atoms with Crippen LogP contribution in [0.15, 0.2) is 28.4 Å². The molecular weight excluding hydrogens is 265 g/mol. The molecule has 0 amide bonds. The van der Waals surface area contributed by atoms with Crippen LogP contribution >= 0.6 is 0 Å². The van der Waals surface area contributed by atoms with Crippen molar-refractivity contribution in [2.75, 3.05) is 14.2 Å². The van der Waals surface area contributed by atoms with Crippen LogP contribution in [0.2, 0.25) is 0 Å². The van der Waals surface area contributed by atoms with Crippen molar-refractivity contribution in [3.8, 4) is 5.75 Å². The molecule has 19 heavy (non-hydrogen) atoms. The van der Waals surface area contributed by atoms with E-state index in [1.165, 1.54) is 20.3 Å². The third kappa shape index (κ3) is 2.02. The van der Waals surface area contributed by atoms with E-state index in [9.17, 15) is 18.0 Å². The highest BCUT2D eigenvalue weighted by atomic mass is 19.4. The van der Waals surface area contributed by atoms with E-state index in [-0.39, 0.29) is 16.9 Å². The molecule has 5 nitrogen and oxygen atoms in total. The molecule has 0 N–H and O–H groups in total. The van der Waals surface area contributed by atoms with Crippen molar-refractivity contribution in [3.05, 3.63) is 29.3 Å². The minimum Gasteiger partial charge on any atom is -0.496 e. The van der Waals surface area contributed by atoms with Gasteiger partial charge in [-0.15, -0.1) is 10.2 Å². The highest BCUT2D eigenvalue weighted by molar-refractivity contribution is 5.92. The lowest BCUT2D eigenvalue weighted by atomic mass is 10.0. The molecule has 0 bridgehead atoms. The molecule has 1 aromatic carbocycles. The molecule has 0 spiro atoms. The fraction of sp³-hybridized carbons (Fsp3) is 0.364. The molecule has 0 atom stereocenters. The van der Waals surface area contributed by atoms with Crippen molar-refractivity contribution < 1.29 is 27.4 Å². The molecular formula is C11H9F3N2O3. The Hall–Kier alpha value is -2.12. The zero-order valence-corrected chi connectivity index (χ0v) is 9.99. The van der Waals surface area contributed by atoms with Crippen LogP contribution in [-0.4, -0.2) is 26.4 Å². The normalized spacial score (nSPS) is 16.1. The molecule has 0 unspecified atom stereocenters. The highest BCUT2D eigenvalue weighted by Crippen LogP contribution is 2.52. The van der Waals surface area contributed by atoms with Crippen molar-refractivity contribution in [2.24, 2.45) is 10.2 Å².